The van der Waals surface area contributed by atoms with E-state index in [0.717, 1.165) is 6.42 Å². The molecule has 21 heavy (non-hydrogen) atoms. The number of hydrogen-bond acceptors (Lipinski definition) is 4. The van der Waals surface area contributed by atoms with Crippen LogP contribution in [0.3, 0.4) is 0 Å². The zero-order valence-electron chi connectivity index (χ0n) is 11.2. The molecule has 1 atom stereocenters. The van der Waals surface area contributed by atoms with Gasteiger partial charge in [0.1, 0.15) is 10.9 Å². The van der Waals surface area contributed by atoms with Crippen LogP contribution in [0.25, 0.3) is 10.9 Å². The molecule has 0 radical (unpaired) electrons. The van der Waals surface area contributed by atoms with Crippen molar-refractivity contribution < 1.29 is 13.2 Å². The Morgan fingerprint density at radius 3 is 2.90 bits per heavy atom. The number of aromatic nitrogens is 1. The summed E-state index contributed by atoms with van der Waals surface area (Å²) in [6.07, 6.45) is 2.66. The second-order valence-corrected chi connectivity index (χ2v) is 6.75. The Kier molecular flexibility index (Phi) is 3.34. The van der Waals surface area contributed by atoms with Gasteiger partial charge < -0.3 is 16.0 Å². The van der Waals surface area contributed by atoms with E-state index < -0.39 is 16.1 Å². The minimum atomic E-state index is -3.79. The molecule has 0 saturated carbocycles. The predicted octanol–water partition coefficient (Wildman–Crippen LogP) is 0.307. The predicted molar refractivity (Wildman–Crippen MR) is 79.1 cm³/mol. The van der Waals surface area contributed by atoms with Crippen LogP contribution in [0, 0.1) is 0 Å². The molecule has 1 aliphatic rings. The Balaban J connectivity index is 1.96. The Morgan fingerprint density at radius 2 is 2.14 bits per heavy atom. The lowest BCUT2D eigenvalue weighted by Crippen LogP contribution is -2.50. The molecule has 1 aliphatic heterocycles. The number of carbonyl (C=O) groups is 1. The van der Waals surface area contributed by atoms with Crippen molar-refractivity contribution in [3.8, 4) is 0 Å². The third kappa shape index (κ3) is 2.59. The molecule has 8 heteroatoms. The van der Waals surface area contributed by atoms with Gasteiger partial charge in [-0.15, -0.1) is 0 Å². The summed E-state index contributed by atoms with van der Waals surface area (Å²) in [7, 11) is -3.79. The molecule has 0 aliphatic carbocycles. The molecule has 5 N–H and O–H groups in total. The van der Waals surface area contributed by atoms with E-state index in [9.17, 15) is 13.2 Å². The number of nitrogens with one attached hydrogen (secondary N) is 3. The van der Waals surface area contributed by atoms with Gasteiger partial charge >= 0.3 is 0 Å². The van der Waals surface area contributed by atoms with Gasteiger partial charge in [-0.25, -0.2) is 8.42 Å². The SMILES string of the molecule is Nc1ccc2[nH]cc(S(=O)(=O)NC3CCCNC3=O)c2c1. The zero-order valence-corrected chi connectivity index (χ0v) is 12.0. The van der Waals surface area contributed by atoms with Crippen LogP contribution < -0.4 is 15.8 Å². The number of nitrogen functional groups attached to an aromatic ring is 1. The molecule has 1 aromatic carbocycles. The van der Waals surface area contributed by atoms with Crippen molar-refractivity contribution in [2.24, 2.45) is 0 Å². The van der Waals surface area contributed by atoms with E-state index in [1.165, 1.54) is 6.20 Å². The van der Waals surface area contributed by atoms with Crippen LogP contribution in [-0.2, 0) is 14.8 Å². The third-order valence-corrected chi connectivity index (χ3v) is 5.05. The topological polar surface area (TPSA) is 117 Å². The number of benzene rings is 1. The molecular weight excluding hydrogens is 292 g/mol. The Bertz CT molecular complexity index is 797. The van der Waals surface area contributed by atoms with Gasteiger partial charge in [0.25, 0.3) is 0 Å². The highest BCUT2D eigenvalue weighted by molar-refractivity contribution is 7.89. The number of rotatable bonds is 3. The van der Waals surface area contributed by atoms with Gasteiger partial charge in [-0.05, 0) is 31.0 Å². The molecule has 1 saturated heterocycles. The van der Waals surface area contributed by atoms with E-state index in [1.54, 1.807) is 18.2 Å². The van der Waals surface area contributed by atoms with Crippen LogP contribution in [-0.4, -0.2) is 31.9 Å². The monoisotopic (exact) mass is 308 g/mol. The standard InChI is InChI=1S/C13H16N4O3S/c14-8-3-4-10-9(6-8)12(7-16-10)21(19,20)17-11-2-1-5-15-13(11)18/h3-4,6-7,11,16-17H,1-2,5,14H2,(H,15,18). The number of fused-ring (bicyclic) bond motifs is 1. The van der Waals surface area contributed by atoms with Crippen LogP contribution in [0.15, 0.2) is 29.3 Å². The Labute approximate surface area is 122 Å². The quantitative estimate of drug-likeness (QED) is 0.610. The van der Waals surface area contributed by atoms with E-state index in [-0.39, 0.29) is 10.8 Å². The molecule has 112 valence electrons. The number of nitrogens with two attached hydrogens (primary N) is 1. The Morgan fingerprint density at radius 1 is 1.33 bits per heavy atom. The molecule has 2 heterocycles. The van der Waals surface area contributed by atoms with Gasteiger partial charge in [-0.2, -0.15) is 4.72 Å². The second-order valence-electron chi connectivity index (χ2n) is 5.07. The van der Waals surface area contributed by atoms with Crippen LogP contribution in [0.4, 0.5) is 5.69 Å². The molecule has 1 fully saturated rings. The number of aromatic amines is 1. The average molecular weight is 308 g/mol. The molecule has 7 nitrogen and oxygen atoms in total. The van der Waals surface area contributed by atoms with Gasteiger partial charge in [-0.1, -0.05) is 0 Å². The maximum absolute atomic E-state index is 12.5. The molecule has 0 spiro atoms. The first-order chi connectivity index (χ1) is 9.97. The fourth-order valence-corrected chi connectivity index (χ4v) is 3.87. The van der Waals surface area contributed by atoms with Crippen molar-refractivity contribution in [2.75, 3.05) is 12.3 Å². The summed E-state index contributed by atoms with van der Waals surface area (Å²) in [5.41, 5.74) is 6.87. The van der Waals surface area contributed by atoms with Gasteiger partial charge in [0.15, 0.2) is 0 Å². The number of anilines is 1. The van der Waals surface area contributed by atoms with Crippen LogP contribution in [0.2, 0.25) is 0 Å². The van der Waals surface area contributed by atoms with Crippen molar-refractivity contribution in [3.05, 3.63) is 24.4 Å². The van der Waals surface area contributed by atoms with Gasteiger partial charge in [0, 0.05) is 29.3 Å². The molecule has 1 amide bonds. The zero-order chi connectivity index (χ0) is 15.0. The van der Waals surface area contributed by atoms with Crippen molar-refractivity contribution in [1.29, 1.82) is 0 Å². The lowest BCUT2D eigenvalue weighted by atomic mass is 10.1. The summed E-state index contributed by atoms with van der Waals surface area (Å²) >= 11 is 0. The number of piperidine rings is 1. The summed E-state index contributed by atoms with van der Waals surface area (Å²) in [6, 6.07) is 4.28. The minimum absolute atomic E-state index is 0.100. The first-order valence-corrected chi connectivity index (χ1v) is 8.12. The average Bonchev–Trinajstić information content (AvgIpc) is 2.85. The van der Waals surface area contributed by atoms with E-state index in [0.29, 0.717) is 29.6 Å². The summed E-state index contributed by atoms with van der Waals surface area (Å²) in [5, 5.41) is 3.17. The highest BCUT2D eigenvalue weighted by Gasteiger charge is 2.29. The van der Waals surface area contributed by atoms with Gasteiger partial charge in [-0.3, -0.25) is 4.79 Å². The van der Waals surface area contributed by atoms with Crippen molar-refractivity contribution in [1.82, 2.24) is 15.0 Å². The van der Waals surface area contributed by atoms with Crippen molar-refractivity contribution in [2.45, 2.75) is 23.8 Å². The van der Waals surface area contributed by atoms with Crippen molar-refractivity contribution >= 4 is 32.5 Å². The fourth-order valence-electron chi connectivity index (χ4n) is 2.47. The number of hydrogen-bond donors (Lipinski definition) is 4. The first-order valence-electron chi connectivity index (χ1n) is 6.64. The Hall–Kier alpha value is -2.06. The minimum Gasteiger partial charge on any atom is -0.399 e. The summed E-state index contributed by atoms with van der Waals surface area (Å²) in [6.45, 7) is 0.584. The first kappa shape index (κ1) is 13.9. The summed E-state index contributed by atoms with van der Waals surface area (Å²) < 4.78 is 27.4. The highest BCUT2D eigenvalue weighted by Crippen LogP contribution is 2.25. The molecule has 3 rings (SSSR count). The number of carbonyl (C=O) groups excluding carboxylic acids is 1. The van der Waals surface area contributed by atoms with Crippen LogP contribution in [0.1, 0.15) is 12.8 Å². The molecule has 1 unspecified atom stereocenters. The number of H-pyrrole nitrogens is 1. The smallest absolute Gasteiger partial charge is 0.243 e. The molecule has 1 aromatic heterocycles. The molecule has 2 aromatic rings. The highest BCUT2D eigenvalue weighted by atomic mass is 32.2. The summed E-state index contributed by atoms with van der Waals surface area (Å²) in [4.78, 5) is 14.7. The van der Waals surface area contributed by atoms with E-state index in [4.69, 9.17) is 5.73 Å². The van der Waals surface area contributed by atoms with E-state index in [2.05, 4.69) is 15.0 Å². The third-order valence-electron chi connectivity index (χ3n) is 3.54. The van der Waals surface area contributed by atoms with Gasteiger partial charge in [0.2, 0.25) is 15.9 Å². The molecule has 0 bridgehead atoms. The van der Waals surface area contributed by atoms with E-state index >= 15 is 0 Å². The van der Waals surface area contributed by atoms with E-state index in [1.807, 2.05) is 0 Å². The normalized spacial score (nSPS) is 19.6. The lowest BCUT2D eigenvalue weighted by molar-refractivity contribution is -0.124. The number of sulfonamides is 1. The maximum atomic E-state index is 12.5. The van der Waals surface area contributed by atoms with Gasteiger partial charge in [0.05, 0.1) is 0 Å². The largest absolute Gasteiger partial charge is 0.399 e. The second kappa shape index (κ2) is 5.05. The number of amides is 1. The maximum Gasteiger partial charge on any atom is 0.243 e. The lowest BCUT2D eigenvalue weighted by Gasteiger charge is -2.22. The summed E-state index contributed by atoms with van der Waals surface area (Å²) in [5.74, 6) is -0.288. The molecular formula is C13H16N4O3S. The van der Waals surface area contributed by atoms with Crippen molar-refractivity contribution in [3.63, 3.8) is 0 Å². The van der Waals surface area contributed by atoms with Crippen LogP contribution >= 0.6 is 0 Å². The van der Waals surface area contributed by atoms with Crippen LogP contribution in [0.5, 0.6) is 0 Å². The fraction of sp³-hybridized carbons (Fsp3) is 0.308.